The molecule has 1 aromatic heterocycles. The topological polar surface area (TPSA) is 85.2 Å². The van der Waals surface area contributed by atoms with Crippen LogP contribution in [0.2, 0.25) is 0 Å². The Morgan fingerprint density at radius 1 is 1.57 bits per heavy atom. The van der Waals surface area contributed by atoms with Crippen molar-refractivity contribution in [3.8, 4) is 0 Å². The van der Waals surface area contributed by atoms with Gasteiger partial charge in [-0.25, -0.2) is 4.98 Å². The van der Waals surface area contributed by atoms with E-state index in [-0.39, 0.29) is 6.04 Å². The van der Waals surface area contributed by atoms with E-state index in [1.54, 1.807) is 18.3 Å². The lowest BCUT2D eigenvalue weighted by Gasteiger charge is -2.38. The average Bonchev–Trinajstić information content (AvgIpc) is 2.13. The van der Waals surface area contributed by atoms with Gasteiger partial charge >= 0.3 is 0 Å². The Hall–Kier alpha value is -1.62. The van der Waals surface area contributed by atoms with Gasteiger partial charge < -0.3 is 16.4 Å². The van der Waals surface area contributed by atoms with Crippen LogP contribution in [0.15, 0.2) is 18.3 Å². The fraction of sp³-hybridized carbons (Fsp3) is 0.333. The van der Waals surface area contributed by atoms with Crippen LogP contribution in [0, 0.1) is 0 Å². The van der Waals surface area contributed by atoms with Crippen molar-refractivity contribution in [1.82, 2.24) is 4.98 Å². The second-order valence-electron chi connectivity index (χ2n) is 3.40. The first-order valence-corrected chi connectivity index (χ1v) is 4.44. The normalized spacial score (nSPS) is 16.5. The molecule has 0 saturated carbocycles. The van der Waals surface area contributed by atoms with Crippen molar-refractivity contribution in [2.24, 2.45) is 11.5 Å². The summed E-state index contributed by atoms with van der Waals surface area (Å²) in [7, 11) is 0. The molecule has 4 N–H and O–H groups in total. The smallest absolute Gasteiger partial charge is 0.252 e. The van der Waals surface area contributed by atoms with Gasteiger partial charge in [0.1, 0.15) is 5.82 Å². The van der Waals surface area contributed by atoms with E-state index >= 15 is 0 Å². The Kier molecular flexibility index (Phi) is 2.09. The second-order valence-corrected chi connectivity index (χ2v) is 3.40. The fourth-order valence-corrected chi connectivity index (χ4v) is 1.53. The second kappa shape index (κ2) is 3.26. The zero-order chi connectivity index (χ0) is 10.1. The van der Waals surface area contributed by atoms with Crippen LogP contribution >= 0.6 is 0 Å². The molecular weight excluding hydrogens is 180 g/mol. The number of carbonyl (C=O) groups is 1. The minimum absolute atomic E-state index is 0.178. The van der Waals surface area contributed by atoms with Gasteiger partial charge in [-0.2, -0.15) is 0 Å². The minimum atomic E-state index is -0.450. The number of carbonyl (C=O) groups excluding carboxylic acids is 1. The fourth-order valence-electron chi connectivity index (χ4n) is 1.53. The molecule has 0 radical (unpaired) electrons. The first-order chi connectivity index (χ1) is 6.68. The van der Waals surface area contributed by atoms with Crippen molar-refractivity contribution in [1.29, 1.82) is 0 Å². The first-order valence-electron chi connectivity index (χ1n) is 4.44. The van der Waals surface area contributed by atoms with Crippen LogP contribution in [-0.2, 0) is 0 Å². The van der Waals surface area contributed by atoms with E-state index < -0.39 is 5.91 Å². The predicted octanol–water partition coefficient (Wildman–Crippen LogP) is -0.672. The Labute approximate surface area is 81.7 Å². The molecular formula is C9H12N4O. The van der Waals surface area contributed by atoms with Crippen molar-refractivity contribution >= 4 is 11.7 Å². The molecule has 0 aromatic carbocycles. The number of amides is 1. The highest BCUT2D eigenvalue weighted by atomic mass is 16.1. The van der Waals surface area contributed by atoms with Crippen molar-refractivity contribution in [3.63, 3.8) is 0 Å². The van der Waals surface area contributed by atoms with E-state index in [0.717, 1.165) is 13.1 Å². The third-order valence-electron chi connectivity index (χ3n) is 2.26. The minimum Gasteiger partial charge on any atom is -0.365 e. The monoisotopic (exact) mass is 192 g/mol. The van der Waals surface area contributed by atoms with Gasteiger partial charge in [-0.1, -0.05) is 0 Å². The quantitative estimate of drug-likeness (QED) is 0.650. The SMILES string of the molecule is NC(=O)c1cccnc1N1CC(N)C1. The van der Waals surface area contributed by atoms with Crippen LogP contribution in [-0.4, -0.2) is 30.0 Å². The van der Waals surface area contributed by atoms with Gasteiger partial charge in [0.25, 0.3) is 5.91 Å². The number of aromatic nitrogens is 1. The Bertz CT molecular complexity index is 360. The zero-order valence-corrected chi connectivity index (χ0v) is 7.68. The zero-order valence-electron chi connectivity index (χ0n) is 7.68. The lowest BCUT2D eigenvalue weighted by molar-refractivity contribution is 0.1000. The van der Waals surface area contributed by atoms with Crippen molar-refractivity contribution < 1.29 is 4.79 Å². The van der Waals surface area contributed by atoms with E-state index in [1.807, 2.05) is 4.90 Å². The molecule has 2 heterocycles. The first kappa shape index (κ1) is 8.96. The Morgan fingerprint density at radius 2 is 2.29 bits per heavy atom. The average molecular weight is 192 g/mol. The molecule has 0 spiro atoms. The summed E-state index contributed by atoms with van der Waals surface area (Å²) >= 11 is 0. The van der Waals surface area contributed by atoms with Crippen LogP contribution in [0.5, 0.6) is 0 Å². The molecule has 2 rings (SSSR count). The highest BCUT2D eigenvalue weighted by Crippen LogP contribution is 2.21. The number of rotatable bonds is 2. The molecule has 0 unspecified atom stereocenters. The molecule has 0 aliphatic carbocycles. The van der Waals surface area contributed by atoms with Crippen LogP contribution in [0.3, 0.4) is 0 Å². The molecule has 1 amide bonds. The molecule has 1 fully saturated rings. The summed E-state index contributed by atoms with van der Waals surface area (Å²) in [6.07, 6.45) is 1.64. The maximum absolute atomic E-state index is 11.1. The van der Waals surface area contributed by atoms with Crippen molar-refractivity contribution in [3.05, 3.63) is 23.9 Å². The van der Waals surface area contributed by atoms with Gasteiger partial charge in [-0.05, 0) is 12.1 Å². The van der Waals surface area contributed by atoms with E-state index in [9.17, 15) is 4.79 Å². The summed E-state index contributed by atoms with van der Waals surface area (Å²) in [4.78, 5) is 17.1. The molecule has 1 aromatic rings. The number of hydrogen-bond acceptors (Lipinski definition) is 4. The molecule has 1 aliphatic rings. The molecule has 0 bridgehead atoms. The summed E-state index contributed by atoms with van der Waals surface area (Å²) < 4.78 is 0. The number of nitrogens with zero attached hydrogens (tertiary/aromatic N) is 2. The Balaban J connectivity index is 2.28. The van der Waals surface area contributed by atoms with Gasteiger partial charge in [-0.15, -0.1) is 0 Å². The molecule has 5 heteroatoms. The van der Waals surface area contributed by atoms with Crippen molar-refractivity contribution in [2.45, 2.75) is 6.04 Å². The molecule has 1 aliphatic heterocycles. The van der Waals surface area contributed by atoms with Crippen LogP contribution < -0.4 is 16.4 Å². The van der Waals surface area contributed by atoms with Gasteiger partial charge in [0.15, 0.2) is 0 Å². The summed E-state index contributed by atoms with van der Waals surface area (Å²) in [5.41, 5.74) is 11.3. The third-order valence-corrected chi connectivity index (χ3v) is 2.26. The molecule has 14 heavy (non-hydrogen) atoms. The predicted molar refractivity (Wildman–Crippen MR) is 52.9 cm³/mol. The van der Waals surface area contributed by atoms with Gasteiger partial charge in [-0.3, -0.25) is 4.79 Å². The molecule has 0 atom stereocenters. The van der Waals surface area contributed by atoms with E-state index in [0.29, 0.717) is 11.4 Å². The van der Waals surface area contributed by atoms with Gasteiger partial charge in [0, 0.05) is 25.3 Å². The maximum Gasteiger partial charge on any atom is 0.252 e. The van der Waals surface area contributed by atoms with Crippen LogP contribution in [0.25, 0.3) is 0 Å². The number of primary amides is 1. The maximum atomic E-state index is 11.1. The van der Waals surface area contributed by atoms with E-state index in [4.69, 9.17) is 11.5 Å². The molecule has 5 nitrogen and oxygen atoms in total. The number of hydrogen-bond donors (Lipinski definition) is 2. The highest BCUT2D eigenvalue weighted by Gasteiger charge is 2.26. The van der Waals surface area contributed by atoms with Gasteiger partial charge in [0.05, 0.1) is 5.56 Å². The third kappa shape index (κ3) is 1.42. The summed E-state index contributed by atoms with van der Waals surface area (Å²) in [6, 6.07) is 3.55. The molecule has 1 saturated heterocycles. The van der Waals surface area contributed by atoms with Crippen LogP contribution in [0.1, 0.15) is 10.4 Å². The molecule has 74 valence electrons. The summed E-state index contributed by atoms with van der Waals surface area (Å²) in [5, 5.41) is 0. The number of pyridine rings is 1. The van der Waals surface area contributed by atoms with Crippen molar-refractivity contribution in [2.75, 3.05) is 18.0 Å². The summed E-state index contributed by atoms with van der Waals surface area (Å²) in [5.74, 6) is 0.190. The highest BCUT2D eigenvalue weighted by molar-refractivity contribution is 5.97. The summed E-state index contributed by atoms with van der Waals surface area (Å²) in [6.45, 7) is 1.47. The largest absolute Gasteiger partial charge is 0.365 e. The number of anilines is 1. The van der Waals surface area contributed by atoms with Crippen LogP contribution in [0.4, 0.5) is 5.82 Å². The van der Waals surface area contributed by atoms with Gasteiger partial charge in [0.2, 0.25) is 0 Å². The number of nitrogens with two attached hydrogens (primary N) is 2. The van der Waals surface area contributed by atoms with E-state index in [1.165, 1.54) is 0 Å². The van der Waals surface area contributed by atoms with E-state index in [2.05, 4.69) is 4.98 Å². The standard InChI is InChI=1S/C9H12N4O/c10-6-4-13(5-6)9-7(8(11)14)2-1-3-12-9/h1-3,6H,4-5,10H2,(H2,11,14). The lowest BCUT2D eigenvalue weighted by Crippen LogP contribution is -2.56. The Morgan fingerprint density at radius 3 is 2.86 bits per heavy atom. The lowest BCUT2D eigenvalue weighted by atomic mass is 10.1.